The van der Waals surface area contributed by atoms with Crippen molar-refractivity contribution in [3.63, 3.8) is 0 Å². The molecule has 0 bridgehead atoms. The molecule has 0 saturated heterocycles. The Hall–Kier alpha value is -2.04. The van der Waals surface area contributed by atoms with Gasteiger partial charge in [-0.25, -0.2) is 0 Å². The van der Waals surface area contributed by atoms with Crippen molar-refractivity contribution >= 4 is 11.9 Å². The molecule has 0 radical (unpaired) electrons. The van der Waals surface area contributed by atoms with Crippen LogP contribution in [-0.2, 0) is 16.0 Å². The molecule has 1 amide bonds. The molecular formula is C13H17NO4. The van der Waals surface area contributed by atoms with E-state index < -0.39 is 5.97 Å². The van der Waals surface area contributed by atoms with E-state index in [-0.39, 0.29) is 18.9 Å². The molecule has 0 aliphatic heterocycles. The third-order valence-corrected chi connectivity index (χ3v) is 2.54. The second-order valence-electron chi connectivity index (χ2n) is 3.97. The van der Waals surface area contributed by atoms with Crippen LogP contribution in [0.25, 0.3) is 0 Å². The van der Waals surface area contributed by atoms with Crippen LogP contribution in [0.2, 0.25) is 0 Å². The van der Waals surface area contributed by atoms with Crippen molar-refractivity contribution in [2.75, 3.05) is 13.7 Å². The first-order chi connectivity index (χ1) is 8.52. The molecular weight excluding hydrogens is 234 g/mol. The van der Waals surface area contributed by atoms with Gasteiger partial charge in [-0.15, -0.1) is 0 Å². The van der Waals surface area contributed by atoms with E-state index in [0.717, 1.165) is 16.9 Å². The van der Waals surface area contributed by atoms with Gasteiger partial charge in [-0.05, 0) is 30.5 Å². The van der Waals surface area contributed by atoms with Crippen LogP contribution < -0.4 is 10.1 Å². The molecule has 18 heavy (non-hydrogen) atoms. The summed E-state index contributed by atoms with van der Waals surface area (Å²) in [5.41, 5.74) is 2.04. The first-order valence-electron chi connectivity index (χ1n) is 5.65. The van der Waals surface area contributed by atoms with Gasteiger partial charge in [-0.3, -0.25) is 9.59 Å². The van der Waals surface area contributed by atoms with Crippen molar-refractivity contribution in [3.05, 3.63) is 29.3 Å². The monoisotopic (exact) mass is 251 g/mol. The Morgan fingerprint density at radius 3 is 2.67 bits per heavy atom. The number of carboxylic acid groups (broad SMARTS) is 1. The molecule has 0 aromatic heterocycles. The van der Waals surface area contributed by atoms with Gasteiger partial charge < -0.3 is 15.2 Å². The number of carboxylic acids is 1. The summed E-state index contributed by atoms with van der Waals surface area (Å²) in [6.45, 7) is 1.60. The van der Waals surface area contributed by atoms with Gasteiger partial charge in [0.1, 0.15) is 12.3 Å². The molecule has 1 aromatic carbocycles. The Kier molecular flexibility index (Phi) is 5.17. The van der Waals surface area contributed by atoms with Crippen LogP contribution in [0.15, 0.2) is 18.2 Å². The van der Waals surface area contributed by atoms with Gasteiger partial charge in [0.25, 0.3) is 0 Å². The normalized spacial score (nSPS) is 9.89. The Balaban J connectivity index is 2.46. The number of carbonyl (C=O) groups excluding carboxylic acids is 1. The summed E-state index contributed by atoms with van der Waals surface area (Å²) in [6.07, 6.45) is 0.856. The van der Waals surface area contributed by atoms with Gasteiger partial charge in [0, 0.05) is 6.42 Å². The van der Waals surface area contributed by atoms with E-state index in [0.29, 0.717) is 6.42 Å². The van der Waals surface area contributed by atoms with Gasteiger partial charge in [-0.1, -0.05) is 12.1 Å². The van der Waals surface area contributed by atoms with Crippen molar-refractivity contribution in [3.8, 4) is 5.75 Å². The zero-order valence-corrected chi connectivity index (χ0v) is 10.5. The molecule has 1 rings (SSSR count). The Morgan fingerprint density at radius 1 is 1.39 bits per heavy atom. The largest absolute Gasteiger partial charge is 0.496 e. The molecule has 98 valence electrons. The van der Waals surface area contributed by atoms with E-state index in [2.05, 4.69) is 5.32 Å². The van der Waals surface area contributed by atoms with E-state index in [1.807, 2.05) is 25.1 Å². The molecule has 2 N–H and O–H groups in total. The number of hydrogen-bond acceptors (Lipinski definition) is 3. The highest BCUT2D eigenvalue weighted by Crippen LogP contribution is 2.19. The Bertz CT molecular complexity index is 443. The van der Waals surface area contributed by atoms with E-state index >= 15 is 0 Å². The predicted molar refractivity (Wildman–Crippen MR) is 66.7 cm³/mol. The minimum Gasteiger partial charge on any atom is -0.496 e. The number of carbonyl (C=O) groups is 2. The first kappa shape index (κ1) is 14.0. The topological polar surface area (TPSA) is 75.6 Å². The van der Waals surface area contributed by atoms with E-state index in [1.165, 1.54) is 0 Å². The highest BCUT2D eigenvalue weighted by atomic mass is 16.5. The van der Waals surface area contributed by atoms with Crippen molar-refractivity contribution < 1.29 is 19.4 Å². The molecule has 0 saturated carbocycles. The van der Waals surface area contributed by atoms with Crippen molar-refractivity contribution in [2.24, 2.45) is 0 Å². The molecule has 0 fully saturated rings. The van der Waals surface area contributed by atoms with Crippen LogP contribution in [0.5, 0.6) is 5.75 Å². The maximum Gasteiger partial charge on any atom is 0.322 e. The maximum absolute atomic E-state index is 11.3. The summed E-state index contributed by atoms with van der Waals surface area (Å²) in [6, 6.07) is 5.72. The number of ether oxygens (including phenoxy) is 1. The van der Waals surface area contributed by atoms with Crippen LogP contribution in [0, 0.1) is 6.92 Å². The maximum atomic E-state index is 11.3. The summed E-state index contributed by atoms with van der Waals surface area (Å²) >= 11 is 0. The smallest absolute Gasteiger partial charge is 0.322 e. The van der Waals surface area contributed by atoms with Gasteiger partial charge in [-0.2, -0.15) is 0 Å². The molecule has 0 aliphatic rings. The van der Waals surface area contributed by atoms with Crippen LogP contribution in [0.3, 0.4) is 0 Å². The summed E-state index contributed by atoms with van der Waals surface area (Å²) in [5, 5.41) is 10.7. The molecule has 1 aromatic rings. The highest BCUT2D eigenvalue weighted by molar-refractivity contribution is 5.81. The lowest BCUT2D eigenvalue weighted by Crippen LogP contribution is -2.29. The van der Waals surface area contributed by atoms with Crippen LogP contribution in [0.1, 0.15) is 17.5 Å². The predicted octanol–water partition coefficient (Wildman–Crippen LogP) is 1.14. The van der Waals surface area contributed by atoms with Gasteiger partial charge >= 0.3 is 5.97 Å². The molecule has 0 heterocycles. The van der Waals surface area contributed by atoms with Crippen LogP contribution >= 0.6 is 0 Å². The molecule has 0 spiro atoms. The summed E-state index contributed by atoms with van der Waals surface area (Å²) in [4.78, 5) is 21.6. The number of rotatable bonds is 6. The first-order valence-corrected chi connectivity index (χ1v) is 5.65. The van der Waals surface area contributed by atoms with Crippen LogP contribution in [-0.4, -0.2) is 30.6 Å². The van der Waals surface area contributed by atoms with Gasteiger partial charge in [0.05, 0.1) is 7.11 Å². The second kappa shape index (κ2) is 6.64. The summed E-state index contributed by atoms with van der Waals surface area (Å²) < 4.78 is 5.15. The Morgan fingerprint density at radius 2 is 2.11 bits per heavy atom. The van der Waals surface area contributed by atoms with Crippen molar-refractivity contribution in [1.29, 1.82) is 0 Å². The lowest BCUT2D eigenvalue weighted by molar-refractivity contribution is -0.137. The van der Waals surface area contributed by atoms with Gasteiger partial charge in [0.2, 0.25) is 5.91 Å². The van der Waals surface area contributed by atoms with E-state index in [1.54, 1.807) is 7.11 Å². The lowest BCUT2D eigenvalue weighted by Gasteiger charge is -2.07. The molecule has 0 aliphatic carbocycles. The van der Waals surface area contributed by atoms with Crippen molar-refractivity contribution in [2.45, 2.75) is 19.8 Å². The second-order valence-corrected chi connectivity index (χ2v) is 3.97. The average Bonchev–Trinajstić information content (AvgIpc) is 2.34. The number of aliphatic carboxylic acids is 1. The van der Waals surface area contributed by atoms with Crippen molar-refractivity contribution in [1.82, 2.24) is 5.32 Å². The third-order valence-electron chi connectivity index (χ3n) is 2.54. The molecule has 5 heteroatoms. The number of hydrogen-bond donors (Lipinski definition) is 2. The minimum absolute atomic E-state index is 0.258. The third kappa shape index (κ3) is 4.45. The zero-order chi connectivity index (χ0) is 13.5. The fraction of sp³-hybridized carbons (Fsp3) is 0.385. The van der Waals surface area contributed by atoms with Crippen LogP contribution in [0.4, 0.5) is 0 Å². The number of nitrogens with one attached hydrogen (secondary N) is 1. The number of aryl methyl sites for hydroxylation is 2. The SMILES string of the molecule is COc1ccc(CCC(=O)NCC(=O)O)cc1C. The molecule has 0 unspecified atom stereocenters. The van der Waals surface area contributed by atoms with E-state index in [9.17, 15) is 9.59 Å². The summed E-state index contributed by atoms with van der Waals surface area (Å²) in [5.74, 6) is -0.483. The number of benzene rings is 1. The molecule has 5 nitrogen and oxygen atoms in total. The fourth-order valence-corrected chi connectivity index (χ4v) is 1.62. The lowest BCUT2D eigenvalue weighted by atomic mass is 10.1. The standard InChI is InChI=1S/C13H17NO4/c1-9-7-10(3-5-11(9)18-2)4-6-12(15)14-8-13(16)17/h3,5,7H,4,6,8H2,1-2H3,(H,14,15)(H,16,17). The Labute approximate surface area is 106 Å². The zero-order valence-electron chi connectivity index (χ0n) is 10.5. The van der Waals surface area contributed by atoms with Gasteiger partial charge in [0.15, 0.2) is 0 Å². The molecule has 0 atom stereocenters. The number of methoxy groups -OCH3 is 1. The average molecular weight is 251 g/mol. The quantitative estimate of drug-likeness (QED) is 0.795. The minimum atomic E-state index is -1.04. The summed E-state index contributed by atoms with van der Waals surface area (Å²) in [7, 11) is 1.61. The fourth-order valence-electron chi connectivity index (χ4n) is 1.62. The highest BCUT2D eigenvalue weighted by Gasteiger charge is 2.05. The van der Waals surface area contributed by atoms with E-state index in [4.69, 9.17) is 9.84 Å². The number of amides is 1.